The molecule has 3 rings (SSSR count). The Hall–Kier alpha value is -3.27. The molecule has 0 heterocycles. The van der Waals surface area contributed by atoms with Crippen molar-refractivity contribution in [2.24, 2.45) is 0 Å². The van der Waals surface area contributed by atoms with Crippen LogP contribution in [0.4, 0.5) is 5.69 Å². The molecular formula is C25H20BrClN2O3. The second-order valence-corrected chi connectivity index (χ2v) is 8.24. The van der Waals surface area contributed by atoms with E-state index < -0.39 is 0 Å². The van der Waals surface area contributed by atoms with Crippen LogP contribution >= 0.6 is 27.5 Å². The summed E-state index contributed by atoms with van der Waals surface area (Å²) in [6.07, 6.45) is 1.71. The first-order valence-corrected chi connectivity index (χ1v) is 10.8. The number of carbonyl (C=O) groups excluding carboxylic acids is 1. The van der Waals surface area contributed by atoms with Gasteiger partial charge in [0.05, 0.1) is 23.8 Å². The molecule has 0 radical (unpaired) electrons. The zero-order valence-corrected chi connectivity index (χ0v) is 19.8. The first-order valence-electron chi connectivity index (χ1n) is 9.64. The number of hydrogen-bond acceptors (Lipinski definition) is 4. The van der Waals surface area contributed by atoms with Crippen molar-refractivity contribution >= 4 is 50.8 Å². The van der Waals surface area contributed by atoms with Crippen molar-refractivity contribution in [3.8, 4) is 17.6 Å². The molecule has 0 atom stereocenters. The van der Waals surface area contributed by atoms with Gasteiger partial charge in [-0.15, -0.1) is 0 Å². The Bertz CT molecular complexity index is 1200. The predicted octanol–water partition coefficient (Wildman–Crippen LogP) is 6.50. The number of amides is 1. The highest BCUT2D eigenvalue weighted by Crippen LogP contribution is 2.37. The number of halogens is 2. The Morgan fingerprint density at radius 1 is 1.19 bits per heavy atom. The van der Waals surface area contributed by atoms with Gasteiger partial charge < -0.3 is 14.8 Å². The van der Waals surface area contributed by atoms with Gasteiger partial charge in [0.15, 0.2) is 18.1 Å². The molecule has 0 unspecified atom stereocenters. The number of aryl methyl sites for hydroxylation is 1. The van der Waals surface area contributed by atoms with Gasteiger partial charge in [0, 0.05) is 10.2 Å². The Balaban J connectivity index is 1.78. The number of benzene rings is 3. The van der Waals surface area contributed by atoms with E-state index in [0.717, 1.165) is 15.6 Å². The minimum Gasteiger partial charge on any atom is -0.493 e. The fraction of sp³-hybridized carbons (Fsp3) is 0.120. The highest BCUT2D eigenvalue weighted by Gasteiger charge is 2.14. The number of anilines is 1. The second-order valence-electron chi connectivity index (χ2n) is 6.92. The van der Waals surface area contributed by atoms with Gasteiger partial charge in [-0.1, -0.05) is 51.8 Å². The summed E-state index contributed by atoms with van der Waals surface area (Å²) in [5.74, 6) is 0.299. The number of carbonyl (C=O) groups is 1. The first kappa shape index (κ1) is 23.4. The van der Waals surface area contributed by atoms with Gasteiger partial charge in [-0.25, -0.2) is 0 Å². The lowest BCUT2D eigenvalue weighted by molar-refractivity contribution is -0.118. The number of hydrogen-bond donors (Lipinski definition) is 1. The summed E-state index contributed by atoms with van der Waals surface area (Å²) in [6, 6.07) is 20.5. The zero-order chi connectivity index (χ0) is 23.1. The maximum absolute atomic E-state index is 12.3. The van der Waals surface area contributed by atoms with E-state index in [1.807, 2.05) is 49.4 Å². The van der Waals surface area contributed by atoms with E-state index in [9.17, 15) is 10.1 Å². The molecule has 0 aliphatic heterocycles. The lowest BCUT2D eigenvalue weighted by Crippen LogP contribution is -2.20. The normalized spacial score (nSPS) is 10.9. The first-order chi connectivity index (χ1) is 15.4. The molecule has 0 bridgehead atoms. The van der Waals surface area contributed by atoms with Crippen molar-refractivity contribution in [1.82, 2.24) is 0 Å². The van der Waals surface area contributed by atoms with E-state index in [0.29, 0.717) is 22.6 Å². The van der Waals surface area contributed by atoms with E-state index in [1.165, 1.54) is 7.11 Å². The SMILES string of the molecule is COc1cc(/C=C(\C#N)c2ccc(Br)cc2)cc(Cl)c1OCC(=O)Nc1cccc(C)c1. The van der Waals surface area contributed by atoms with Gasteiger partial charge in [0.25, 0.3) is 5.91 Å². The summed E-state index contributed by atoms with van der Waals surface area (Å²) >= 11 is 9.80. The van der Waals surface area contributed by atoms with Crippen molar-refractivity contribution in [2.45, 2.75) is 6.92 Å². The highest BCUT2D eigenvalue weighted by atomic mass is 79.9. The number of methoxy groups -OCH3 is 1. The number of ether oxygens (including phenoxy) is 2. The van der Waals surface area contributed by atoms with Crippen LogP contribution in [0.5, 0.6) is 11.5 Å². The molecule has 7 heteroatoms. The van der Waals surface area contributed by atoms with Gasteiger partial charge in [0.1, 0.15) is 0 Å². The van der Waals surface area contributed by atoms with E-state index in [4.69, 9.17) is 21.1 Å². The molecule has 0 aromatic heterocycles. The second kappa shape index (κ2) is 10.9. The molecule has 3 aromatic carbocycles. The summed E-state index contributed by atoms with van der Waals surface area (Å²) in [4.78, 5) is 12.3. The van der Waals surface area contributed by atoms with Gasteiger partial charge in [-0.3, -0.25) is 4.79 Å². The summed E-state index contributed by atoms with van der Waals surface area (Å²) < 4.78 is 12.0. The van der Waals surface area contributed by atoms with Crippen LogP contribution in [-0.4, -0.2) is 19.6 Å². The minimum absolute atomic E-state index is 0.235. The van der Waals surface area contributed by atoms with Gasteiger partial charge >= 0.3 is 0 Å². The Morgan fingerprint density at radius 2 is 1.94 bits per heavy atom. The highest BCUT2D eigenvalue weighted by molar-refractivity contribution is 9.10. The number of nitriles is 1. The van der Waals surface area contributed by atoms with Crippen LogP contribution in [0.25, 0.3) is 11.6 Å². The number of nitrogens with one attached hydrogen (secondary N) is 1. The van der Waals surface area contributed by atoms with Crippen LogP contribution in [-0.2, 0) is 4.79 Å². The third-order valence-corrected chi connectivity index (χ3v) is 5.30. The average Bonchev–Trinajstić information content (AvgIpc) is 2.77. The van der Waals surface area contributed by atoms with Gasteiger partial charge in [-0.05, 0) is 66.1 Å². The third kappa shape index (κ3) is 6.13. The third-order valence-electron chi connectivity index (χ3n) is 4.49. The van der Waals surface area contributed by atoms with Crippen LogP contribution in [0, 0.1) is 18.3 Å². The van der Waals surface area contributed by atoms with Crippen LogP contribution in [0.3, 0.4) is 0 Å². The Labute approximate surface area is 200 Å². The van der Waals surface area contributed by atoms with Crippen molar-refractivity contribution in [1.29, 1.82) is 5.26 Å². The molecule has 1 amide bonds. The van der Waals surface area contributed by atoms with Crippen molar-refractivity contribution in [3.63, 3.8) is 0 Å². The molecule has 0 fully saturated rings. The standard InChI is InChI=1S/C25H20BrClN2O3/c1-16-4-3-5-21(10-16)29-24(30)15-32-25-22(27)12-17(13-23(25)31-2)11-19(14-28)18-6-8-20(26)9-7-18/h3-13H,15H2,1-2H3,(H,29,30)/b19-11+. The molecule has 162 valence electrons. The van der Waals surface area contributed by atoms with Crippen LogP contribution in [0.15, 0.2) is 65.1 Å². The molecule has 5 nitrogen and oxygen atoms in total. The zero-order valence-electron chi connectivity index (χ0n) is 17.5. The molecule has 1 N–H and O–H groups in total. The largest absolute Gasteiger partial charge is 0.493 e. The van der Waals surface area contributed by atoms with Gasteiger partial charge in [-0.2, -0.15) is 5.26 Å². The van der Waals surface area contributed by atoms with Crippen molar-refractivity contribution < 1.29 is 14.3 Å². The maximum atomic E-state index is 12.3. The quantitative estimate of drug-likeness (QED) is 0.290. The fourth-order valence-corrected chi connectivity index (χ4v) is 3.54. The van der Waals surface area contributed by atoms with Crippen molar-refractivity contribution in [2.75, 3.05) is 19.0 Å². The lowest BCUT2D eigenvalue weighted by Gasteiger charge is -2.14. The summed E-state index contributed by atoms with van der Waals surface area (Å²) in [5, 5.41) is 12.6. The monoisotopic (exact) mass is 510 g/mol. The van der Waals surface area contributed by atoms with Crippen molar-refractivity contribution in [3.05, 3.63) is 86.8 Å². The molecular weight excluding hydrogens is 492 g/mol. The summed E-state index contributed by atoms with van der Waals surface area (Å²) in [7, 11) is 1.48. The molecule has 0 saturated carbocycles. The topological polar surface area (TPSA) is 71.3 Å². The van der Waals surface area contributed by atoms with E-state index in [2.05, 4.69) is 27.3 Å². The molecule has 32 heavy (non-hydrogen) atoms. The van der Waals surface area contributed by atoms with E-state index >= 15 is 0 Å². The van der Waals surface area contributed by atoms with E-state index in [-0.39, 0.29) is 23.3 Å². The lowest BCUT2D eigenvalue weighted by atomic mass is 10.0. The van der Waals surface area contributed by atoms with Crippen LogP contribution in [0.1, 0.15) is 16.7 Å². The predicted molar refractivity (Wildman–Crippen MR) is 131 cm³/mol. The average molecular weight is 512 g/mol. The van der Waals surface area contributed by atoms with E-state index in [1.54, 1.807) is 24.3 Å². The Kier molecular flexibility index (Phi) is 7.93. The van der Waals surface area contributed by atoms with Gasteiger partial charge in [0.2, 0.25) is 0 Å². The number of allylic oxidation sites excluding steroid dienone is 1. The number of rotatable bonds is 7. The summed E-state index contributed by atoms with van der Waals surface area (Å²) in [5.41, 5.74) is 3.65. The van der Waals surface area contributed by atoms with Crippen LogP contribution in [0.2, 0.25) is 5.02 Å². The molecule has 0 aliphatic rings. The number of nitrogens with zero attached hydrogens (tertiary/aromatic N) is 1. The molecule has 0 aliphatic carbocycles. The summed E-state index contributed by atoms with van der Waals surface area (Å²) in [6.45, 7) is 1.71. The molecule has 3 aromatic rings. The smallest absolute Gasteiger partial charge is 0.262 e. The Morgan fingerprint density at radius 3 is 2.59 bits per heavy atom. The molecule has 0 spiro atoms. The minimum atomic E-state index is -0.320. The fourth-order valence-electron chi connectivity index (χ4n) is 3.00. The molecule has 0 saturated heterocycles. The van der Waals surface area contributed by atoms with Crippen LogP contribution < -0.4 is 14.8 Å². The maximum Gasteiger partial charge on any atom is 0.262 e.